The monoisotopic (exact) mass is 387 g/mol. The minimum Gasteiger partial charge on any atom is -0.381 e. The van der Waals surface area contributed by atoms with Crippen molar-refractivity contribution in [3.8, 4) is 0 Å². The number of thiophene rings is 1. The van der Waals surface area contributed by atoms with Gasteiger partial charge < -0.3 is 4.74 Å². The molecule has 0 spiro atoms. The number of rotatable bonds is 4. The molecule has 0 aromatic carbocycles. The molecular weight excluding hydrogens is 374 g/mol. The van der Waals surface area contributed by atoms with Crippen molar-refractivity contribution < 1.29 is 13.2 Å². The molecule has 1 saturated heterocycles. The maximum absolute atomic E-state index is 12.5. The highest BCUT2D eigenvalue weighted by atomic mass is 79.9. The number of hydrogen-bond acceptors (Lipinski definition) is 4. The van der Waals surface area contributed by atoms with Crippen molar-refractivity contribution in [2.75, 3.05) is 19.1 Å². The zero-order valence-electron chi connectivity index (χ0n) is 10.4. The normalized spacial score (nSPS) is 19.5. The van der Waals surface area contributed by atoms with Crippen LogP contribution in [0.25, 0.3) is 0 Å². The largest absolute Gasteiger partial charge is 0.381 e. The van der Waals surface area contributed by atoms with Gasteiger partial charge in [-0.15, -0.1) is 22.9 Å². The van der Waals surface area contributed by atoms with Gasteiger partial charge >= 0.3 is 0 Å². The van der Waals surface area contributed by atoms with Crippen LogP contribution in [-0.4, -0.2) is 33.1 Å². The Bertz CT molecular complexity index is 552. The van der Waals surface area contributed by atoms with Gasteiger partial charge in [0.25, 0.3) is 0 Å². The standard InChI is InChI=1S/C11H15BrClNO3S2/c1-8-9(6-10(12)18-8)19(15,16)14-11(7-13)2-4-17-5-3-11/h6,14H,2-5,7H2,1H3. The number of alkyl halides is 1. The van der Waals surface area contributed by atoms with Gasteiger partial charge in [-0.3, -0.25) is 0 Å². The van der Waals surface area contributed by atoms with Crippen molar-refractivity contribution >= 4 is 48.9 Å². The molecule has 19 heavy (non-hydrogen) atoms. The molecule has 2 rings (SSSR count). The van der Waals surface area contributed by atoms with Crippen molar-refractivity contribution in [2.45, 2.75) is 30.2 Å². The molecule has 0 saturated carbocycles. The fraction of sp³-hybridized carbons (Fsp3) is 0.636. The third kappa shape index (κ3) is 3.51. The van der Waals surface area contributed by atoms with Crippen LogP contribution in [0.1, 0.15) is 17.7 Å². The Morgan fingerprint density at radius 3 is 2.63 bits per heavy atom. The molecule has 8 heteroatoms. The van der Waals surface area contributed by atoms with Crippen LogP contribution in [0.5, 0.6) is 0 Å². The van der Waals surface area contributed by atoms with Crippen molar-refractivity contribution in [1.82, 2.24) is 4.72 Å². The molecule has 1 fully saturated rings. The second-order valence-electron chi connectivity index (χ2n) is 4.60. The van der Waals surface area contributed by atoms with Crippen LogP contribution in [-0.2, 0) is 14.8 Å². The topological polar surface area (TPSA) is 55.4 Å². The Morgan fingerprint density at radius 2 is 2.16 bits per heavy atom. The van der Waals surface area contributed by atoms with Crippen molar-refractivity contribution in [1.29, 1.82) is 0 Å². The van der Waals surface area contributed by atoms with Crippen molar-refractivity contribution in [2.24, 2.45) is 0 Å². The average Bonchev–Trinajstić information content (AvgIpc) is 2.70. The van der Waals surface area contributed by atoms with E-state index in [1.54, 1.807) is 13.0 Å². The second-order valence-corrected chi connectivity index (χ2v) is 9.16. The highest BCUT2D eigenvalue weighted by Crippen LogP contribution is 2.32. The molecule has 1 aromatic heterocycles. The lowest BCUT2D eigenvalue weighted by Crippen LogP contribution is -2.53. The average molecular weight is 389 g/mol. The van der Waals surface area contributed by atoms with Crippen LogP contribution in [0.4, 0.5) is 0 Å². The van der Waals surface area contributed by atoms with E-state index in [4.69, 9.17) is 16.3 Å². The van der Waals surface area contributed by atoms with Crippen molar-refractivity contribution in [3.63, 3.8) is 0 Å². The van der Waals surface area contributed by atoms with Crippen LogP contribution in [0.15, 0.2) is 14.7 Å². The summed E-state index contributed by atoms with van der Waals surface area (Å²) in [6, 6.07) is 1.63. The lowest BCUT2D eigenvalue weighted by Gasteiger charge is -2.35. The van der Waals surface area contributed by atoms with E-state index in [1.165, 1.54) is 11.3 Å². The summed E-state index contributed by atoms with van der Waals surface area (Å²) < 4.78 is 33.8. The second kappa shape index (κ2) is 5.99. The van der Waals surface area contributed by atoms with Crippen LogP contribution >= 0.6 is 38.9 Å². The summed E-state index contributed by atoms with van der Waals surface area (Å²) >= 11 is 10.7. The molecular formula is C11H15BrClNO3S2. The van der Waals surface area contributed by atoms with Gasteiger partial charge in [0, 0.05) is 24.0 Å². The van der Waals surface area contributed by atoms with E-state index in [2.05, 4.69) is 20.7 Å². The fourth-order valence-electron chi connectivity index (χ4n) is 2.06. The molecule has 0 amide bonds. The van der Waals surface area contributed by atoms with Crippen LogP contribution in [0.2, 0.25) is 0 Å². The van der Waals surface area contributed by atoms with Gasteiger partial charge in [-0.1, -0.05) is 0 Å². The summed E-state index contributed by atoms with van der Waals surface area (Å²) in [4.78, 5) is 1.08. The summed E-state index contributed by atoms with van der Waals surface area (Å²) in [5, 5.41) is 0. The maximum atomic E-state index is 12.5. The number of hydrogen-bond donors (Lipinski definition) is 1. The molecule has 0 aliphatic carbocycles. The van der Waals surface area contributed by atoms with Gasteiger partial charge in [0.15, 0.2) is 0 Å². The lowest BCUT2D eigenvalue weighted by atomic mass is 9.94. The SMILES string of the molecule is Cc1sc(Br)cc1S(=O)(=O)NC1(CCl)CCOCC1. The Morgan fingerprint density at radius 1 is 1.53 bits per heavy atom. The number of sulfonamides is 1. The Balaban J connectivity index is 2.27. The molecule has 108 valence electrons. The predicted molar refractivity (Wildman–Crippen MR) is 80.6 cm³/mol. The molecule has 0 unspecified atom stereocenters. The number of halogens is 2. The fourth-order valence-corrected chi connectivity index (χ4v) is 6.35. The Kier molecular flexibility index (Phi) is 4.96. The Hall–Kier alpha value is 0.340. The number of nitrogens with one attached hydrogen (secondary N) is 1. The minimum absolute atomic E-state index is 0.250. The number of ether oxygens (including phenoxy) is 1. The van der Waals surface area contributed by atoms with Gasteiger partial charge in [-0.05, 0) is 41.8 Å². The summed E-state index contributed by atoms with van der Waals surface area (Å²) in [5.41, 5.74) is -0.598. The van der Waals surface area contributed by atoms with Gasteiger partial charge in [0.2, 0.25) is 10.0 Å². The van der Waals surface area contributed by atoms with E-state index < -0.39 is 15.6 Å². The maximum Gasteiger partial charge on any atom is 0.242 e. The highest BCUT2D eigenvalue weighted by Gasteiger charge is 2.37. The molecule has 1 aliphatic rings. The van der Waals surface area contributed by atoms with Gasteiger partial charge in [-0.25, -0.2) is 13.1 Å². The first-order valence-corrected chi connectivity index (χ1v) is 9.45. The third-order valence-corrected chi connectivity index (χ3v) is 7.09. The van der Waals surface area contributed by atoms with E-state index in [0.29, 0.717) is 31.0 Å². The van der Waals surface area contributed by atoms with E-state index in [9.17, 15) is 8.42 Å². The van der Waals surface area contributed by atoms with E-state index >= 15 is 0 Å². The molecule has 0 bridgehead atoms. The summed E-state index contributed by atoms with van der Waals surface area (Å²) in [7, 11) is -3.55. The van der Waals surface area contributed by atoms with Gasteiger partial charge in [0.05, 0.1) is 14.2 Å². The molecule has 1 N–H and O–H groups in total. The molecule has 1 aromatic rings. The Labute approximate surface area is 130 Å². The zero-order valence-corrected chi connectivity index (χ0v) is 14.4. The first-order valence-electron chi connectivity index (χ1n) is 5.82. The zero-order chi connectivity index (χ0) is 14.1. The predicted octanol–water partition coefficient (Wildman–Crippen LogP) is 2.89. The van der Waals surface area contributed by atoms with E-state index in [-0.39, 0.29) is 5.88 Å². The van der Waals surface area contributed by atoms with Gasteiger partial charge in [0.1, 0.15) is 0 Å². The number of aryl methyl sites for hydroxylation is 1. The smallest absolute Gasteiger partial charge is 0.242 e. The molecule has 4 nitrogen and oxygen atoms in total. The van der Waals surface area contributed by atoms with E-state index in [0.717, 1.165) is 8.66 Å². The first kappa shape index (κ1) is 15.7. The quantitative estimate of drug-likeness (QED) is 0.807. The third-order valence-electron chi connectivity index (χ3n) is 3.19. The summed E-state index contributed by atoms with van der Waals surface area (Å²) in [5.74, 6) is 0.250. The van der Waals surface area contributed by atoms with Crippen LogP contribution in [0, 0.1) is 6.92 Å². The van der Waals surface area contributed by atoms with Gasteiger partial charge in [-0.2, -0.15) is 0 Å². The van der Waals surface area contributed by atoms with Crippen molar-refractivity contribution in [3.05, 3.63) is 14.7 Å². The first-order chi connectivity index (χ1) is 8.88. The van der Waals surface area contributed by atoms with E-state index in [1.807, 2.05) is 0 Å². The highest BCUT2D eigenvalue weighted by molar-refractivity contribution is 9.11. The molecule has 1 aliphatic heterocycles. The molecule has 0 atom stereocenters. The van der Waals surface area contributed by atoms with Crippen LogP contribution < -0.4 is 4.72 Å². The molecule has 2 heterocycles. The summed E-state index contributed by atoms with van der Waals surface area (Å²) in [6.07, 6.45) is 1.19. The lowest BCUT2D eigenvalue weighted by molar-refractivity contribution is 0.0549. The molecule has 0 radical (unpaired) electrons. The minimum atomic E-state index is -3.55. The summed E-state index contributed by atoms with van der Waals surface area (Å²) in [6.45, 7) is 2.85. The van der Waals surface area contributed by atoms with Crippen LogP contribution in [0.3, 0.4) is 0 Å².